The maximum absolute atomic E-state index is 6.49. The summed E-state index contributed by atoms with van der Waals surface area (Å²) in [6.45, 7) is 13.9. The number of hydrogen-bond acceptors (Lipinski definition) is 4. The van der Waals surface area contributed by atoms with Crippen molar-refractivity contribution in [1.29, 1.82) is 0 Å². The smallest absolute Gasteiger partial charge is 0.144 e. The molecule has 3 fully saturated rings. The third-order valence-electron chi connectivity index (χ3n) is 14.1. The number of aryl methyl sites for hydroxylation is 1. The minimum Gasteiger partial charge on any atom is -0.455 e. The zero-order valence-corrected chi connectivity index (χ0v) is 44.0. The van der Waals surface area contributed by atoms with E-state index in [0.29, 0.717) is 5.92 Å². The van der Waals surface area contributed by atoms with Gasteiger partial charge in [-0.1, -0.05) is 169 Å². The molecule has 0 spiro atoms. The van der Waals surface area contributed by atoms with Crippen molar-refractivity contribution in [2.24, 2.45) is 17.8 Å². The molecular weight excluding hydrogens is 1020 g/mol. The maximum atomic E-state index is 6.49. The van der Waals surface area contributed by atoms with Crippen molar-refractivity contribution >= 4 is 35.2 Å². The van der Waals surface area contributed by atoms with Crippen LogP contribution in [0.4, 0.5) is 0 Å². The van der Waals surface area contributed by atoms with Gasteiger partial charge in [-0.05, 0) is 131 Å². The van der Waals surface area contributed by atoms with Crippen molar-refractivity contribution in [2.45, 2.75) is 91.3 Å². The van der Waals surface area contributed by atoms with Gasteiger partial charge >= 0.3 is 0 Å². The van der Waals surface area contributed by atoms with Crippen molar-refractivity contribution < 1.29 is 24.5 Å². The Morgan fingerprint density at radius 3 is 1.76 bits per heavy atom. The Balaban J connectivity index is 0.000000155. The van der Waals surface area contributed by atoms with Crippen LogP contribution in [0.1, 0.15) is 75.5 Å². The molecule has 0 aliphatic heterocycles. The molecule has 4 aromatic heterocycles. The van der Waals surface area contributed by atoms with Gasteiger partial charge in [-0.25, -0.2) is 0 Å². The second-order valence-corrected chi connectivity index (χ2v) is 25.1. The summed E-state index contributed by atoms with van der Waals surface area (Å²) in [6, 6.07) is 55.1. The van der Waals surface area contributed by atoms with Gasteiger partial charge in [-0.3, -0.25) is 15.0 Å². The summed E-state index contributed by atoms with van der Waals surface area (Å²) in [4.78, 5) is 13.8. The summed E-state index contributed by atoms with van der Waals surface area (Å²) in [5.41, 5.74) is 15.1. The third kappa shape index (κ3) is 11.2. The summed E-state index contributed by atoms with van der Waals surface area (Å²) in [5.74, 6) is 3.29. The fourth-order valence-corrected chi connectivity index (χ4v) is 12.2. The van der Waals surface area contributed by atoms with Crippen molar-refractivity contribution in [3.05, 3.63) is 193 Å². The normalized spacial score (nSPS) is 16.4. The Morgan fingerprint density at radius 1 is 0.588 bits per heavy atom. The second kappa shape index (κ2) is 22.1. The molecule has 68 heavy (non-hydrogen) atoms. The van der Waals surface area contributed by atoms with E-state index in [9.17, 15) is 0 Å². The molecule has 6 heteroatoms. The first-order valence-corrected chi connectivity index (χ1v) is 28.1. The van der Waals surface area contributed by atoms with Crippen LogP contribution in [0.25, 0.3) is 66.8 Å². The predicted molar refractivity (Wildman–Crippen MR) is 285 cm³/mol. The average Bonchev–Trinajstić information content (AvgIpc) is 3.77. The van der Waals surface area contributed by atoms with Gasteiger partial charge in [0.1, 0.15) is 11.2 Å². The van der Waals surface area contributed by atoms with Crippen LogP contribution in [-0.2, 0) is 32.9 Å². The Kier molecular flexibility index (Phi) is 15.8. The van der Waals surface area contributed by atoms with E-state index < -0.39 is 8.07 Å². The Labute approximate surface area is 419 Å². The molecule has 12 rings (SSSR count). The van der Waals surface area contributed by atoms with Gasteiger partial charge in [0.25, 0.3) is 0 Å². The zero-order valence-electron chi connectivity index (χ0n) is 40.6. The molecule has 4 heterocycles. The van der Waals surface area contributed by atoms with Crippen molar-refractivity contribution in [1.82, 2.24) is 15.0 Å². The van der Waals surface area contributed by atoms with Crippen LogP contribution < -0.4 is 5.19 Å². The number of rotatable bonds is 9. The molecule has 3 aliphatic carbocycles. The van der Waals surface area contributed by atoms with E-state index in [0.717, 1.165) is 63.4 Å². The first-order valence-electron chi connectivity index (χ1n) is 24.6. The van der Waals surface area contributed by atoms with Crippen LogP contribution in [-0.4, -0.2) is 23.0 Å². The number of para-hydroxylation sites is 1. The van der Waals surface area contributed by atoms with Crippen molar-refractivity contribution in [3.8, 4) is 44.9 Å². The van der Waals surface area contributed by atoms with E-state index in [-0.39, 0.29) is 20.1 Å². The first kappa shape index (κ1) is 48.7. The minimum atomic E-state index is -1.33. The van der Waals surface area contributed by atoms with Gasteiger partial charge in [-0.2, -0.15) is 0 Å². The van der Waals surface area contributed by atoms with Crippen LogP contribution in [0.5, 0.6) is 0 Å². The summed E-state index contributed by atoms with van der Waals surface area (Å²) in [7, 11) is -1.33. The summed E-state index contributed by atoms with van der Waals surface area (Å²) < 4.78 is 6.49. The quantitative estimate of drug-likeness (QED) is 0.135. The van der Waals surface area contributed by atoms with Crippen LogP contribution >= 0.6 is 0 Å². The SMILES string of the molecule is CC(C)c1cc(-c2ccccc2)ncc1[Si](C)(C)C.CCc1ccnc(-c2ccccc2)c1.[Ir].c1ccc(-c2cccc3oc4c(-c5cc(CC6CC7CCC6CC7)ccn5)cccc4c23)cc1. The van der Waals surface area contributed by atoms with Gasteiger partial charge in [0.2, 0.25) is 0 Å². The van der Waals surface area contributed by atoms with Gasteiger partial charge < -0.3 is 4.42 Å². The molecule has 0 saturated heterocycles. The van der Waals surface area contributed by atoms with E-state index >= 15 is 0 Å². The Hall–Kier alpha value is -5.78. The van der Waals surface area contributed by atoms with Crippen LogP contribution in [0.15, 0.2) is 181 Å². The van der Waals surface area contributed by atoms with Gasteiger partial charge in [0, 0.05) is 66.2 Å². The molecule has 5 aromatic carbocycles. The molecule has 1 radical (unpaired) electrons. The molecule has 1 atom stereocenters. The number of aromatic nitrogens is 3. The van der Waals surface area contributed by atoms with Gasteiger partial charge in [0.15, 0.2) is 0 Å². The van der Waals surface area contributed by atoms with Crippen LogP contribution in [0.3, 0.4) is 0 Å². The molecule has 1 unspecified atom stereocenters. The monoisotopic (exact) mass is 1090 g/mol. The van der Waals surface area contributed by atoms with Gasteiger partial charge in [-0.15, -0.1) is 0 Å². The average molecular weight is 1090 g/mol. The molecule has 9 aromatic rings. The largest absolute Gasteiger partial charge is 0.455 e. The molecule has 0 N–H and O–H groups in total. The fraction of sp³-hybridized carbons (Fsp3) is 0.274. The number of benzene rings is 5. The minimum absolute atomic E-state index is 0. The summed E-state index contributed by atoms with van der Waals surface area (Å²) >= 11 is 0. The van der Waals surface area contributed by atoms with E-state index in [2.05, 4.69) is 185 Å². The van der Waals surface area contributed by atoms with E-state index in [4.69, 9.17) is 14.4 Å². The summed E-state index contributed by atoms with van der Waals surface area (Å²) in [6.07, 6.45) is 15.4. The van der Waals surface area contributed by atoms with E-state index in [1.807, 2.05) is 36.7 Å². The number of hydrogen-bond donors (Lipinski definition) is 0. The molecule has 3 saturated carbocycles. The van der Waals surface area contributed by atoms with E-state index in [1.165, 1.54) is 88.0 Å². The standard InChI is InChI=1S/C32H29NO.C17H23NSi.C13H13N.Ir/c1-2-6-24(7-3-1)26-8-5-11-30-31(26)28-10-4-9-27(32(28)34-30)29-20-22(16-17-33-29)19-25-18-21-12-14-23(25)15-13-21;1-13(2)15-11-16(14-9-7-6-8-10-14)18-12-17(15)19(3,4)5;1-2-11-8-9-14-13(10-11)12-6-4-3-5-7-12;/h1-11,16-17,20-21,23,25H,12-15,18-19H2;6-13H,1-5H3;3-10H,2H2,1H3;. The third-order valence-corrected chi connectivity index (χ3v) is 16.2. The number of fused-ring (bicyclic) bond motifs is 6. The van der Waals surface area contributed by atoms with Crippen LogP contribution in [0.2, 0.25) is 19.6 Å². The maximum Gasteiger partial charge on any atom is 0.144 e. The van der Waals surface area contributed by atoms with Crippen molar-refractivity contribution in [3.63, 3.8) is 0 Å². The first-order chi connectivity index (χ1) is 32.6. The number of nitrogens with zero attached hydrogens (tertiary/aromatic N) is 3. The van der Waals surface area contributed by atoms with E-state index in [1.54, 1.807) is 0 Å². The number of furan rings is 1. The molecule has 3 aliphatic rings. The number of pyridine rings is 3. The van der Waals surface area contributed by atoms with Crippen molar-refractivity contribution in [2.75, 3.05) is 0 Å². The fourth-order valence-electron chi connectivity index (χ4n) is 10.5. The molecule has 4 nitrogen and oxygen atoms in total. The summed E-state index contributed by atoms with van der Waals surface area (Å²) in [5, 5.41) is 3.82. The zero-order chi connectivity index (χ0) is 46.3. The Morgan fingerprint density at radius 2 is 1.16 bits per heavy atom. The Bertz CT molecular complexity index is 3040. The topological polar surface area (TPSA) is 51.8 Å². The molecule has 347 valence electrons. The molecule has 0 amide bonds. The van der Waals surface area contributed by atoms with Gasteiger partial charge in [0.05, 0.1) is 25.2 Å². The molecular formula is C62H65IrN3OSi. The second-order valence-electron chi connectivity index (χ2n) is 20.1. The predicted octanol–water partition coefficient (Wildman–Crippen LogP) is 16.4. The van der Waals surface area contributed by atoms with Crippen LogP contribution in [0, 0.1) is 17.8 Å². The molecule has 2 bridgehead atoms.